The van der Waals surface area contributed by atoms with Crippen LogP contribution in [0.4, 0.5) is 5.69 Å². The molecule has 0 radical (unpaired) electrons. The molecule has 0 bridgehead atoms. The number of hydrogen-bond donors (Lipinski definition) is 0. The lowest BCUT2D eigenvalue weighted by molar-refractivity contribution is 0.965. The Kier molecular flexibility index (Phi) is 4.71. The minimum atomic E-state index is 0.958. The van der Waals surface area contributed by atoms with E-state index < -0.39 is 0 Å². The van der Waals surface area contributed by atoms with Gasteiger partial charge < -0.3 is 4.57 Å². The molecule has 0 spiro atoms. The normalized spacial score (nSPS) is 11.2. The molecule has 27 heavy (non-hydrogen) atoms. The summed E-state index contributed by atoms with van der Waals surface area (Å²) in [5.74, 6) is 0. The first-order valence-corrected chi connectivity index (χ1v) is 9.16. The zero-order valence-electron chi connectivity index (χ0n) is 15.6. The second-order valence-electron chi connectivity index (χ2n) is 6.67. The van der Waals surface area contributed by atoms with Crippen molar-refractivity contribution in [1.29, 1.82) is 0 Å². The number of aromatic nitrogens is 1. The lowest BCUT2D eigenvalue weighted by Gasteiger charge is -2.09. The van der Waals surface area contributed by atoms with Crippen LogP contribution >= 0.6 is 0 Å². The van der Waals surface area contributed by atoms with E-state index in [-0.39, 0.29) is 0 Å². The van der Waals surface area contributed by atoms with Crippen LogP contribution in [0.2, 0.25) is 0 Å². The molecule has 132 valence electrons. The van der Waals surface area contributed by atoms with Crippen LogP contribution in [0.25, 0.3) is 16.8 Å². The molecular weight excluding hydrogens is 328 g/mol. The van der Waals surface area contributed by atoms with Crippen molar-refractivity contribution in [2.45, 2.75) is 13.8 Å². The van der Waals surface area contributed by atoms with Crippen LogP contribution in [-0.2, 0) is 0 Å². The Morgan fingerprint density at radius 3 is 1.96 bits per heavy atom. The van der Waals surface area contributed by atoms with Crippen LogP contribution < -0.4 is 0 Å². The molecule has 0 fully saturated rings. The maximum absolute atomic E-state index is 4.68. The second-order valence-corrected chi connectivity index (χ2v) is 6.67. The smallest absolute Gasteiger partial charge is 0.0630 e. The van der Waals surface area contributed by atoms with E-state index in [0.717, 1.165) is 11.3 Å². The Hall–Kier alpha value is -3.39. The topological polar surface area (TPSA) is 17.3 Å². The number of hydrogen-bond acceptors (Lipinski definition) is 1. The summed E-state index contributed by atoms with van der Waals surface area (Å²) in [6.45, 7) is 4.27. The van der Waals surface area contributed by atoms with Gasteiger partial charge in [-0.2, -0.15) is 0 Å². The van der Waals surface area contributed by atoms with Gasteiger partial charge in [-0.05, 0) is 55.3 Å². The molecule has 0 amide bonds. The first kappa shape index (κ1) is 17.0. The molecule has 3 aromatic carbocycles. The molecule has 1 aromatic heterocycles. The molecule has 0 aliphatic heterocycles. The minimum Gasteiger partial charge on any atom is -0.318 e. The molecular formula is C25H22N2. The van der Waals surface area contributed by atoms with E-state index in [1.807, 2.05) is 18.3 Å². The minimum absolute atomic E-state index is 0.958. The highest BCUT2D eigenvalue weighted by Gasteiger charge is 2.08. The van der Waals surface area contributed by atoms with Crippen LogP contribution in [0.3, 0.4) is 0 Å². The summed E-state index contributed by atoms with van der Waals surface area (Å²) in [5, 5.41) is 0. The molecule has 0 aliphatic rings. The zero-order valence-corrected chi connectivity index (χ0v) is 15.6. The number of benzene rings is 3. The van der Waals surface area contributed by atoms with Gasteiger partial charge in [0.15, 0.2) is 0 Å². The molecule has 1 heterocycles. The molecule has 0 aliphatic carbocycles. The van der Waals surface area contributed by atoms with Gasteiger partial charge in [-0.3, -0.25) is 4.99 Å². The van der Waals surface area contributed by atoms with Crippen molar-refractivity contribution in [3.8, 4) is 16.8 Å². The summed E-state index contributed by atoms with van der Waals surface area (Å²) < 4.78 is 2.26. The van der Waals surface area contributed by atoms with Gasteiger partial charge in [0.2, 0.25) is 0 Å². The lowest BCUT2D eigenvalue weighted by Crippen LogP contribution is -1.98. The highest BCUT2D eigenvalue weighted by atomic mass is 15.0. The average Bonchev–Trinajstić information content (AvgIpc) is 3.01. The Morgan fingerprint density at radius 2 is 1.30 bits per heavy atom. The number of nitrogens with zero attached hydrogens (tertiary/aromatic N) is 2. The van der Waals surface area contributed by atoms with E-state index in [2.05, 4.69) is 102 Å². The Bertz CT molecular complexity index is 1060. The van der Waals surface area contributed by atoms with E-state index in [4.69, 9.17) is 0 Å². The summed E-state index contributed by atoms with van der Waals surface area (Å²) >= 11 is 0. The zero-order chi connectivity index (χ0) is 18.6. The van der Waals surface area contributed by atoms with Gasteiger partial charge in [-0.15, -0.1) is 0 Å². The predicted molar refractivity (Wildman–Crippen MR) is 114 cm³/mol. The third-order valence-electron chi connectivity index (χ3n) is 4.81. The van der Waals surface area contributed by atoms with Gasteiger partial charge >= 0.3 is 0 Å². The molecule has 0 atom stereocenters. The lowest BCUT2D eigenvalue weighted by atomic mass is 10.1. The van der Waals surface area contributed by atoms with Gasteiger partial charge in [-0.25, -0.2) is 0 Å². The molecule has 4 aromatic rings. The monoisotopic (exact) mass is 350 g/mol. The van der Waals surface area contributed by atoms with Crippen molar-refractivity contribution in [1.82, 2.24) is 4.57 Å². The van der Waals surface area contributed by atoms with Crippen molar-refractivity contribution in [3.05, 3.63) is 108 Å². The first-order chi connectivity index (χ1) is 13.2. The molecule has 0 saturated carbocycles. The standard InChI is InChI=1S/C25H22N2/c1-19-17-23(20(2)27(19)25-11-7-4-8-12-25)18-26-24-15-13-22(14-16-24)21-9-5-3-6-10-21/h3-18H,1-2H3. The van der Waals surface area contributed by atoms with Crippen LogP contribution in [0.1, 0.15) is 17.0 Å². The molecule has 0 unspecified atom stereocenters. The fraction of sp³-hybridized carbons (Fsp3) is 0.0800. The van der Waals surface area contributed by atoms with Crippen molar-refractivity contribution < 1.29 is 0 Å². The summed E-state index contributed by atoms with van der Waals surface area (Å²) in [6.07, 6.45) is 1.96. The van der Waals surface area contributed by atoms with Crippen molar-refractivity contribution in [2.75, 3.05) is 0 Å². The summed E-state index contributed by atoms with van der Waals surface area (Å²) in [4.78, 5) is 4.68. The summed E-state index contributed by atoms with van der Waals surface area (Å²) in [7, 11) is 0. The second kappa shape index (κ2) is 7.46. The van der Waals surface area contributed by atoms with Gasteiger partial charge in [0.1, 0.15) is 0 Å². The SMILES string of the molecule is Cc1cc(C=Nc2ccc(-c3ccccc3)cc2)c(C)n1-c1ccccc1. The third kappa shape index (κ3) is 3.61. The van der Waals surface area contributed by atoms with Gasteiger partial charge in [0.05, 0.1) is 5.69 Å². The molecule has 4 rings (SSSR count). The predicted octanol–water partition coefficient (Wildman–Crippen LogP) is 6.51. The number of aliphatic imine (C=N–C) groups is 1. The molecule has 2 heteroatoms. The first-order valence-electron chi connectivity index (χ1n) is 9.16. The fourth-order valence-corrected chi connectivity index (χ4v) is 3.41. The average molecular weight is 350 g/mol. The van der Waals surface area contributed by atoms with Gasteiger partial charge in [0.25, 0.3) is 0 Å². The maximum atomic E-state index is 4.68. The Balaban J connectivity index is 1.59. The highest BCUT2D eigenvalue weighted by molar-refractivity contribution is 5.84. The van der Waals surface area contributed by atoms with E-state index in [0.29, 0.717) is 0 Å². The van der Waals surface area contributed by atoms with Gasteiger partial charge in [-0.1, -0.05) is 60.7 Å². The van der Waals surface area contributed by atoms with E-state index in [9.17, 15) is 0 Å². The van der Waals surface area contributed by atoms with Gasteiger partial charge in [0, 0.05) is 28.9 Å². The number of para-hydroxylation sites is 1. The third-order valence-corrected chi connectivity index (χ3v) is 4.81. The van der Waals surface area contributed by atoms with Crippen molar-refractivity contribution in [2.24, 2.45) is 4.99 Å². The quantitative estimate of drug-likeness (QED) is 0.373. The Morgan fingerprint density at radius 1 is 0.704 bits per heavy atom. The van der Waals surface area contributed by atoms with Crippen LogP contribution in [0, 0.1) is 13.8 Å². The van der Waals surface area contributed by atoms with Crippen molar-refractivity contribution >= 4 is 11.9 Å². The molecule has 0 N–H and O–H groups in total. The van der Waals surface area contributed by atoms with Crippen LogP contribution in [0.15, 0.2) is 96.0 Å². The van der Waals surface area contributed by atoms with Crippen molar-refractivity contribution in [3.63, 3.8) is 0 Å². The maximum Gasteiger partial charge on any atom is 0.0630 e. The largest absolute Gasteiger partial charge is 0.318 e. The van der Waals surface area contributed by atoms with E-state index >= 15 is 0 Å². The van der Waals surface area contributed by atoms with Crippen LogP contribution in [-0.4, -0.2) is 10.8 Å². The summed E-state index contributed by atoms with van der Waals surface area (Å²) in [6, 6.07) is 31.4. The number of aryl methyl sites for hydroxylation is 1. The Labute approximate surface area is 160 Å². The number of rotatable bonds is 4. The molecule has 2 nitrogen and oxygen atoms in total. The fourth-order valence-electron chi connectivity index (χ4n) is 3.41. The van der Waals surface area contributed by atoms with E-state index in [1.165, 1.54) is 28.2 Å². The molecule has 0 saturated heterocycles. The highest BCUT2D eigenvalue weighted by Crippen LogP contribution is 2.23. The summed E-state index contributed by atoms with van der Waals surface area (Å²) in [5.41, 5.74) is 8.11. The van der Waals surface area contributed by atoms with Crippen LogP contribution in [0.5, 0.6) is 0 Å². The van der Waals surface area contributed by atoms with E-state index in [1.54, 1.807) is 0 Å².